The van der Waals surface area contributed by atoms with Crippen LogP contribution in [0, 0.1) is 5.82 Å². The van der Waals surface area contributed by atoms with Crippen LogP contribution in [0.1, 0.15) is 0 Å². The van der Waals surface area contributed by atoms with E-state index in [0.29, 0.717) is 54.5 Å². The number of hydrogen-bond donors (Lipinski definition) is 2. The van der Waals surface area contributed by atoms with Crippen molar-refractivity contribution in [2.75, 3.05) is 58.9 Å². The highest BCUT2D eigenvalue weighted by Crippen LogP contribution is 2.39. The van der Waals surface area contributed by atoms with E-state index in [1.165, 1.54) is 32.5 Å². The van der Waals surface area contributed by atoms with Crippen molar-refractivity contribution in [3.05, 3.63) is 48.4 Å². The summed E-state index contributed by atoms with van der Waals surface area (Å²) in [4.78, 5) is 30.8. The fourth-order valence-corrected chi connectivity index (χ4v) is 3.80. The van der Waals surface area contributed by atoms with Crippen molar-refractivity contribution < 1.29 is 32.9 Å². The number of pyridine rings is 1. The van der Waals surface area contributed by atoms with Crippen molar-refractivity contribution in [1.82, 2.24) is 15.2 Å². The first-order valence-electron chi connectivity index (χ1n) is 11.4. The maximum Gasteiger partial charge on any atom is 0.313 e. The maximum atomic E-state index is 14.8. The molecule has 2 N–H and O–H groups in total. The first-order chi connectivity index (χ1) is 17.5. The molecule has 3 aromatic rings. The first kappa shape index (κ1) is 25.1. The Bertz CT molecular complexity index is 1250. The van der Waals surface area contributed by atoms with Gasteiger partial charge in [-0.25, -0.2) is 4.39 Å². The number of halogens is 1. The number of aromatic nitrogens is 1. The van der Waals surface area contributed by atoms with Crippen molar-refractivity contribution in [2.45, 2.75) is 0 Å². The van der Waals surface area contributed by atoms with Crippen molar-refractivity contribution >= 4 is 28.4 Å². The second-order valence-corrected chi connectivity index (χ2v) is 7.92. The van der Waals surface area contributed by atoms with Gasteiger partial charge in [-0.15, -0.1) is 0 Å². The van der Waals surface area contributed by atoms with Crippen LogP contribution in [-0.4, -0.2) is 75.3 Å². The fraction of sp³-hybridized carbons (Fsp3) is 0.320. The zero-order valence-corrected chi connectivity index (χ0v) is 20.0. The number of carbonyl (C=O) groups is 2. The molecule has 1 aliphatic heterocycles. The monoisotopic (exact) mass is 498 g/mol. The third kappa shape index (κ3) is 5.81. The number of methoxy groups -OCH3 is 2. The molecule has 0 aliphatic carbocycles. The lowest BCUT2D eigenvalue weighted by molar-refractivity contribution is -0.136. The molecule has 2 amide bonds. The summed E-state index contributed by atoms with van der Waals surface area (Å²) in [6, 6.07) is 8.95. The van der Waals surface area contributed by atoms with Crippen LogP contribution in [0.5, 0.6) is 23.0 Å². The highest BCUT2D eigenvalue weighted by molar-refractivity contribution is 6.39. The molecule has 0 saturated carbocycles. The van der Waals surface area contributed by atoms with Gasteiger partial charge < -0.3 is 29.6 Å². The van der Waals surface area contributed by atoms with Gasteiger partial charge in [-0.05, 0) is 30.3 Å². The van der Waals surface area contributed by atoms with E-state index < -0.39 is 17.6 Å². The second kappa shape index (κ2) is 11.6. The number of amides is 2. The number of morpholine rings is 1. The van der Waals surface area contributed by atoms with E-state index in [-0.39, 0.29) is 11.4 Å². The van der Waals surface area contributed by atoms with E-state index in [0.717, 1.165) is 19.2 Å². The van der Waals surface area contributed by atoms with Gasteiger partial charge in [0.1, 0.15) is 11.3 Å². The standard InChI is InChI=1S/C25H27FN4O6/c1-33-21-6-4-17-19(7-8-27-22(17)23(21)34-2)36-20-5-3-16(15-18(20)26)29-25(32)24(31)28-9-10-30-11-13-35-14-12-30/h3-8,15H,9-14H2,1-2H3,(H,28,31)(H,29,32). The molecule has 2 aromatic carbocycles. The summed E-state index contributed by atoms with van der Waals surface area (Å²) in [5, 5.41) is 5.56. The van der Waals surface area contributed by atoms with Crippen LogP contribution in [0.3, 0.4) is 0 Å². The largest absolute Gasteiger partial charge is 0.493 e. The Hall–Kier alpha value is -3.96. The van der Waals surface area contributed by atoms with E-state index in [2.05, 4.69) is 20.5 Å². The average molecular weight is 499 g/mol. The zero-order chi connectivity index (χ0) is 25.5. The van der Waals surface area contributed by atoms with Crippen molar-refractivity contribution in [1.29, 1.82) is 0 Å². The molecule has 1 fully saturated rings. The smallest absolute Gasteiger partial charge is 0.313 e. The second-order valence-electron chi connectivity index (χ2n) is 7.92. The van der Waals surface area contributed by atoms with Crippen LogP contribution in [0.25, 0.3) is 10.9 Å². The molecule has 1 saturated heterocycles. The van der Waals surface area contributed by atoms with Crippen LogP contribution < -0.4 is 24.8 Å². The summed E-state index contributed by atoms with van der Waals surface area (Å²) in [6.07, 6.45) is 1.52. The Morgan fingerprint density at radius 2 is 1.81 bits per heavy atom. The van der Waals surface area contributed by atoms with E-state index in [9.17, 15) is 14.0 Å². The zero-order valence-electron chi connectivity index (χ0n) is 20.0. The summed E-state index contributed by atoms with van der Waals surface area (Å²) in [6.45, 7) is 3.81. The molecule has 0 spiro atoms. The summed E-state index contributed by atoms with van der Waals surface area (Å²) in [5.74, 6) is -1.16. The molecule has 11 heteroatoms. The number of carbonyl (C=O) groups excluding carboxylic acids is 2. The number of anilines is 1. The van der Waals surface area contributed by atoms with Crippen LogP contribution in [0.2, 0.25) is 0 Å². The quantitative estimate of drug-likeness (QED) is 0.456. The number of ether oxygens (including phenoxy) is 4. The number of fused-ring (bicyclic) bond motifs is 1. The Kier molecular flexibility index (Phi) is 8.13. The van der Waals surface area contributed by atoms with Crippen molar-refractivity contribution in [3.63, 3.8) is 0 Å². The molecular weight excluding hydrogens is 471 g/mol. The molecule has 36 heavy (non-hydrogen) atoms. The lowest BCUT2D eigenvalue weighted by Gasteiger charge is -2.26. The predicted octanol–water partition coefficient (Wildman–Crippen LogP) is 2.57. The normalized spacial score (nSPS) is 13.8. The molecule has 0 unspecified atom stereocenters. The van der Waals surface area contributed by atoms with Gasteiger partial charge in [-0.1, -0.05) is 0 Å². The van der Waals surface area contributed by atoms with E-state index in [4.69, 9.17) is 18.9 Å². The van der Waals surface area contributed by atoms with Gasteiger partial charge >= 0.3 is 11.8 Å². The third-order valence-electron chi connectivity index (χ3n) is 5.65. The van der Waals surface area contributed by atoms with Gasteiger partial charge in [0.25, 0.3) is 0 Å². The van der Waals surface area contributed by atoms with Gasteiger partial charge in [0.05, 0.1) is 27.4 Å². The van der Waals surface area contributed by atoms with E-state index in [1.54, 1.807) is 18.2 Å². The number of nitrogens with zero attached hydrogens (tertiary/aromatic N) is 2. The highest BCUT2D eigenvalue weighted by Gasteiger charge is 2.18. The third-order valence-corrected chi connectivity index (χ3v) is 5.65. The van der Waals surface area contributed by atoms with E-state index >= 15 is 0 Å². The predicted molar refractivity (Wildman–Crippen MR) is 130 cm³/mol. The van der Waals surface area contributed by atoms with Gasteiger partial charge in [0.2, 0.25) is 0 Å². The number of rotatable bonds is 8. The lowest BCUT2D eigenvalue weighted by Crippen LogP contribution is -2.43. The topological polar surface area (TPSA) is 111 Å². The molecule has 0 bridgehead atoms. The lowest BCUT2D eigenvalue weighted by atomic mass is 10.1. The minimum Gasteiger partial charge on any atom is -0.493 e. The molecular formula is C25H27FN4O6. The molecule has 2 heterocycles. The van der Waals surface area contributed by atoms with Gasteiger partial charge in [-0.2, -0.15) is 0 Å². The van der Waals surface area contributed by atoms with Crippen LogP contribution in [0.4, 0.5) is 10.1 Å². The summed E-state index contributed by atoms with van der Waals surface area (Å²) in [7, 11) is 3.03. The highest BCUT2D eigenvalue weighted by atomic mass is 19.1. The summed E-state index contributed by atoms with van der Waals surface area (Å²) in [5.41, 5.74) is 0.623. The first-order valence-corrected chi connectivity index (χ1v) is 11.4. The molecule has 1 aliphatic rings. The van der Waals surface area contributed by atoms with Gasteiger partial charge in [0.15, 0.2) is 23.1 Å². The van der Waals surface area contributed by atoms with Crippen LogP contribution in [0.15, 0.2) is 42.6 Å². The number of nitrogens with one attached hydrogen (secondary N) is 2. The van der Waals surface area contributed by atoms with Crippen LogP contribution >= 0.6 is 0 Å². The van der Waals surface area contributed by atoms with E-state index in [1.807, 2.05) is 0 Å². The molecule has 190 valence electrons. The van der Waals surface area contributed by atoms with Crippen molar-refractivity contribution in [3.8, 4) is 23.0 Å². The molecule has 0 atom stereocenters. The maximum absolute atomic E-state index is 14.8. The minimum absolute atomic E-state index is 0.0646. The number of benzene rings is 2. The average Bonchev–Trinajstić information content (AvgIpc) is 2.90. The Balaban J connectivity index is 1.39. The Morgan fingerprint density at radius 3 is 2.53 bits per heavy atom. The Morgan fingerprint density at radius 1 is 1.03 bits per heavy atom. The number of hydrogen-bond acceptors (Lipinski definition) is 8. The summed E-state index contributed by atoms with van der Waals surface area (Å²) < 4.78 is 36.6. The van der Waals surface area contributed by atoms with Gasteiger partial charge in [-0.3, -0.25) is 19.5 Å². The van der Waals surface area contributed by atoms with Gasteiger partial charge in [0, 0.05) is 49.5 Å². The van der Waals surface area contributed by atoms with Crippen molar-refractivity contribution in [2.24, 2.45) is 0 Å². The SMILES string of the molecule is COc1ccc2c(Oc3ccc(NC(=O)C(=O)NCCN4CCOCC4)cc3F)ccnc2c1OC. The molecule has 10 nitrogen and oxygen atoms in total. The fourth-order valence-electron chi connectivity index (χ4n) is 3.80. The molecule has 0 radical (unpaired) electrons. The minimum atomic E-state index is -0.883. The molecule has 1 aromatic heterocycles. The van der Waals surface area contributed by atoms with Crippen LogP contribution in [-0.2, 0) is 14.3 Å². The Labute approximate surface area is 207 Å². The summed E-state index contributed by atoms with van der Waals surface area (Å²) >= 11 is 0. The molecule has 4 rings (SSSR count).